The van der Waals surface area contributed by atoms with Crippen molar-refractivity contribution < 1.29 is 18.4 Å². The Bertz CT molecular complexity index is 1420. The number of pyridine rings is 1. The number of anilines is 3. The molecule has 0 atom stereocenters. The smallest absolute Gasteiger partial charge is 0.247 e. The number of ether oxygens (including phenoxy) is 2. The van der Waals surface area contributed by atoms with E-state index in [2.05, 4.69) is 32.2 Å². The number of fused-ring (bicyclic) bond motifs is 1. The molecule has 0 unspecified atom stereocenters. The number of carbonyl (C=O) groups excluding carboxylic acids is 1. The zero-order valence-electron chi connectivity index (χ0n) is 20.2. The van der Waals surface area contributed by atoms with E-state index in [-0.39, 0.29) is 18.0 Å². The monoisotopic (exact) mass is 464 g/mol. The van der Waals surface area contributed by atoms with Gasteiger partial charge in [0.05, 0.1) is 33.1 Å². The van der Waals surface area contributed by atoms with E-state index in [0.717, 1.165) is 11.8 Å². The predicted molar refractivity (Wildman–Crippen MR) is 128 cm³/mol. The molecule has 0 aliphatic heterocycles. The molecule has 0 bridgehead atoms. The van der Waals surface area contributed by atoms with Gasteiger partial charge in [-0.25, -0.2) is 9.97 Å². The van der Waals surface area contributed by atoms with Crippen molar-refractivity contribution in [1.82, 2.24) is 15.0 Å². The molecule has 4 aromatic rings. The maximum absolute atomic E-state index is 11.9. The Labute approximate surface area is 199 Å². The van der Waals surface area contributed by atoms with Gasteiger partial charge in [-0.2, -0.15) is 0 Å². The van der Waals surface area contributed by atoms with E-state index in [0.29, 0.717) is 33.2 Å². The summed E-state index contributed by atoms with van der Waals surface area (Å²) < 4.78 is 33.1. The summed E-state index contributed by atoms with van der Waals surface area (Å²) in [5.74, 6) is 0.276. The molecule has 4 rings (SSSR count). The summed E-state index contributed by atoms with van der Waals surface area (Å²) >= 11 is 6.42. The third kappa shape index (κ3) is 5.19. The molecule has 0 aliphatic rings. The summed E-state index contributed by atoms with van der Waals surface area (Å²) in [5, 5.41) is 6.59. The van der Waals surface area contributed by atoms with Gasteiger partial charge >= 0.3 is 0 Å². The second-order valence-electron chi connectivity index (χ2n) is 6.76. The van der Waals surface area contributed by atoms with Crippen LogP contribution in [-0.4, -0.2) is 27.9 Å². The Morgan fingerprint density at radius 3 is 2.85 bits per heavy atom. The van der Waals surface area contributed by atoms with Crippen LogP contribution in [0.1, 0.15) is 9.81 Å². The van der Waals surface area contributed by atoms with E-state index in [4.69, 9.17) is 25.2 Å². The second-order valence-corrected chi connectivity index (χ2v) is 7.17. The first-order valence-corrected chi connectivity index (χ1v) is 10.1. The molecule has 0 aliphatic carbocycles. The zero-order valence-corrected chi connectivity index (χ0v) is 18.0. The van der Waals surface area contributed by atoms with Crippen LogP contribution in [0.15, 0.2) is 73.7 Å². The number of methoxy groups -OCH3 is 1. The number of carbonyl (C=O) groups is 1. The molecule has 0 radical (unpaired) electrons. The molecule has 2 heterocycles. The third-order valence-electron chi connectivity index (χ3n) is 4.59. The van der Waals surface area contributed by atoms with Crippen molar-refractivity contribution in [2.24, 2.45) is 0 Å². The van der Waals surface area contributed by atoms with Crippen molar-refractivity contribution in [2.45, 2.75) is 6.61 Å². The number of nitrogens with one attached hydrogen (secondary N) is 2. The molecule has 0 fully saturated rings. The molecule has 2 aromatic heterocycles. The molecule has 1 amide bonds. The minimum Gasteiger partial charge on any atom is -0.494 e. The topological polar surface area (TPSA) is 98.3 Å². The summed E-state index contributed by atoms with van der Waals surface area (Å²) in [6.45, 7) is 3.68. The highest BCUT2D eigenvalue weighted by molar-refractivity contribution is 6.32. The average molecular weight is 465 g/mol. The molecule has 2 aromatic carbocycles. The van der Waals surface area contributed by atoms with Crippen molar-refractivity contribution in [3.8, 4) is 11.5 Å². The molecule has 8 nitrogen and oxygen atoms in total. The van der Waals surface area contributed by atoms with E-state index < -0.39 is 12.9 Å². The van der Waals surface area contributed by atoms with Gasteiger partial charge in [-0.3, -0.25) is 9.78 Å². The lowest BCUT2D eigenvalue weighted by molar-refractivity contribution is -0.111. The number of rotatable bonds is 8. The SMILES string of the molecule is [2H]C([2H])([2H])Oc1cc2ncnc(Nc3ccc(OCc4ccccn4)c(Cl)c3)c2cc1NC(=O)C=C. The predicted octanol–water partition coefficient (Wildman–Crippen LogP) is 5.13. The minimum absolute atomic E-state index is 0.0696. The molecule has 33 heavy (non-hydrogen) atoms. The van der Waals surface area contributed by atoms with Crippen molar-refractivity contribution in [1.29, 1.82) is 0 Å². The normalized spacial score (nSPS) is 12.2. The Kier molecular flexibility index (Phi) is 5.56. The standard InChI is InChI=1S/C24H20ClN5O3/c1-3-23(31)30-20-11-17-19(12-22(20)32-2)27-14-28-24(17)29-15-7-8-21(18(25)10-15)33-13-16-6-4-5-9-26-16/h3-12,14H,1,13H2,2H3,(H,30,31)(H,27,28,29)/i2D3. The second kappa shape index (κ2) is 9.97. The first-order valence-electron chi connectivity index (χ1n) is 11.2. The van der Waals surface area contributed by atoms with Gasteiger partial charge < -0.3 is 20.1 Å². The van der Waals surface area contributed by atoms with Crippen molar-refractivity contribution in [3.05, 3.63) is 84.4 Å². The van der Waals surface area contributed by atoms with Crippen LogP contribution in [0.5, 0.6) is 11.5 Å². The van der Waals surface area contributed by atoms with E-state index >= 15 is 0 Å². The maximum atomic E-state index is 11.9. The summed E-state index contributed by atoms with van der Waals surface area (Å²) in [5.41, 5.74) is 1.90. The fourth-order valence-electron chi connectivity index (χ4n) is 3.02. The summed E-state index contributed by atoms with van der Waals surface area (Å²) in [4.78, 5) is 24.6. The van der Waals surface area contributed by atoms with Gasteiger partial charge in [0.15, 0.2) is 0 Å². The molecular weight excluding hydrogens is 442 g/mol. The third-order valence-corrected chi connectivity index (χ3v) is 4.88. The van der Waals surface area contributed by atoms with E-state index in [9.17, 15) is 4.79 Å². The Morgan fingerprint density at radius 2 is 2.09 bits per heavy atom. The molecule has 166 valence electrons. The molecule has 0 spiro atoms. The lowest BCUT2D eigenvalue weighted by Crippen LogP contribution is -2.09. The average Bonchev–Trinajstić information content (AvgIpc) is 2.84. The Morgan fingerprint density at radius 1 is 1.18 bits per heavy atom. The number of benzene rings is 2. The van der Waals surface area contributed by atoms with Gasteiger partial charge in [-0.05, 0) is 42.5 Å². The van der Waals surface area contributed by atoms with Crippen LogP contribution in [0.25, 0.3) is 10.9 Å². The molecule has 2 N–H and O–H groups in total. The molecule has 0 saturated heterocycles. The summed E-state index contributed by atoms with van der Waals surface area (Å²) in [6, 6.07) is 13.6. The number of amides is 1. The van der Waals surface area contributed by atoms with Gasteiger partial charge in [0, 0.05) is 23.3 Å². The highest BCUT2D eigenvalue weighted by atomic mass is 35.5. The van der Waals surface area contributed by atoms with Crippen LogP contribution in [0.3, 0.4) is 0 Å². The minimum atomic E-state index is -2.73. The number of hydrogen-bond donors (Lipinski definition) is 2. The zero-order chi connectivity index (χ0) is 25.7. The van der Waals surface area contributed by atoms with E-state index in [1.807, 2.05) is 18.2 Å². The molecular formula is C24H20ClN5O3. The first kappa shape index (κ1) is 18.4. The summed E-state index contributed by atoms with van der Waals surface area (Å²) in [6.07, 6.45) is 4.06. The number of hydrogen-bond acceptors (Lipinski definition) is 7. The lowest BCUT2D eigenvalue weighted by atomic mass is 10.1. The number of nitrogens with zero attached hydrogens (tertiary/aromatic N) is 3. The highest BCUT2D eigenvalue weighted by Crippen LogP contribution is 2.34. The van der Waals surface area contributed by atoms with Crippen LogP contribution >= 0.6 is 11.6 Å². The van der Waals surface area contributed by atoms with Crippen LogP contribution in [0.2, 0.25) is 5.02 Å². The van der Waals surface area contributed by atoms with Crippen LogP contribution in [-0.2, 0) is 11.4 Å². The molecule has 0 saturated carbocycles. The van der Waals surface area contributed by atoms with Gasteiger partial charge in [0.1, 0.15) is 30.3 Å². The maximum Gasteiger partial charge on any atom is 0.247 e. The van der Waals surface area contributed by atoms with Gasteiger partial charge in [-0.15, -0.1) is 0 Å². The van der Waals surface area contributed by atoms with Crippen LogP contribution in [0, 0.1) is 0 Å². The van der Waals surface area contributed by atoms with Crippen LogP contribution in [0.4, 0.5) is 17.2 Å². The first-order chi connectivity index (χ1) is 17.2. The van der Waals surface area contributed by atoms with Gasteiger partial charge in [0.25, 0.3) is 0 Å². The lowest BCUT2D eigenvalue weighted by Gasteiger charge is -2.14. The van der Waals surface area contributed by atoms with Crippen molar-refractivity contribution in [2.75, 3.05) is 17.7 Å². The van der Waals surface area contributed by atoms with Gasteiger partial charge in [0.2, 0.25) is 5.91 Å². The van der Waals surface area contributed by atoms with E-state index in [1.165, 1.54) is 18.5 Å². The number of halogens is 1. The van der Waals surface area contributed by atoms with Crippen LogP contribution < -0.4 is 20.1 Å². The van der Waals surface area contributed by atoms with Crippen molar-refractivity contribution >= 4 is 45.6 Å². The highest BCUT2D eigenvalue weighted by Gasteiger charge is 2.13. The fourth-order valence-corrected chi connectivity index (χ4v) is 3.25. The van der Waals surface area contributed by atoms with Gasteiger partial charge in [-0.1, -0.05) is 24.2 Å². The molecule has 9 heteroatoms. The van der Waals surface area contributed by atoms with E-state index in [1.54, 1.807) is 24.4 Å². The quantitative estimate of drug-likeness (QED) is 0.348. The van der Waals surface area contributed by atoms with Crippen molar-refractivity contribution in [3.63, 3.8) is 0 Å². The number of aromatic nitrogens is 3. The Balaban J connectivity index is 1.62. The fraction of sp³-hybridized carbons (Fsp3) is 0.0833. The Hall–Kier alpha value is -4.17. The summed E-state index contributed by atoms with van der Waals surface area (Å²) in [7, 11) is -2.73. The largest absolute Gasteiger partial charge is 0.494 e.